The number of aromatic nitrogens is 2. The quantitative estimate of drug-likeness (QED) is 0.899. The van der Waals surface area contributed by atoms with E-state index in [1.165, 1.54) is 11.3 Å². The molecule has 104 valence electrons. The van der Waals surface area contributed by atoms with Crippen molar-refractivity contribution in [3.63, 3.8) is 0 Å². The maximum atomic E-state index is 12.0. The van der Waals surface area contributed by atoms with Gasteiger partial charge in [-0.25, -0.2) is 4.98 Å². The van der Waals surface area contributed by atoms with Gasteiger partial charge in [-0.1, -0.05) is 0 Å². The van der Waals surface area contributed by atoms with E-state index in [0.29, 0.717) is 0 Å². The third kappa shape index (κ3) is 2.81. The van der Waals surface area contributed by atoms with Gasteiger partial charge in [-0.3, -0.25) is 14.1 Å². The first-order valence-corrected chi connectivity index (χ1v) is 6.96. The molecule has 0 saturated carbocycles. The molecule has 0 radical (unpaired) electrons. The second-order valence-electron chi connectivity index (χ2n) is 4.86. The summed E-state index contributed by atoms with van der Waals surface area (Å²) in [6.45, 7) is 4.53. The fraction of sp³-hybridized carbons (Fsp3) is 0.500. The van der Waals surface area contributed by atoms with E-state index >= 15 is 0 Å². The van der Waals surface area contributed by atoms with Crippen LogP contribution in [-0.4, -0.2) is 33.4 Å². The highest BCUT2D eigenvalue weighted by atomic mass is 35.5. The summed E-state index contributed by atoms with van der Waals surface area (Å²) >= 11 is 1.51. The number of halogens is 1. The molecule has 2 N–H and O–H groups in total. The zero-order chi connectivity index (χ0) is 12.7. The minimum absolute atomic E-state index is 0. The molecule has 0 spiro atoms. The monoisotopic (exact) mass is 300 g/mol. The van der Waals surface area contributed by atoms with E-state index in [0.717, 1.165) is 42.4 Å². The zero-order valence-corrected chi connectivity index (χ0v) is 12.3. The first kappa shape index (κ1) is 14.5. The van der Waals surface area contributed by atoms with Gasteiger partial charge in [0.1, 0.15) is 0 Å². The van der Waals surface area contributed by atoms with Gasteiger partial charge in [0, 0.05) is 42.8 Å². The summed E-state index contributed by atoms with van der Waals surface area (Å²) in [5.74, 6) is 0. The average Bonchev–Trinajstić information content (AvgIpc) is 2.86. The van der Waals surface area contributed by atoms with Gasteiger partial charge in [0.15, 0.2) is 4.96 Å². The highest BCUT2D eigenvalue weighted by molar-refractivity contribution is 7.15. The second kappa shape index (κ2) is 5.58. The van der Waals surface area contributed by atoms with Gasteiger partial charge < -0.3 is 5.73 Å². The van der Waals surface area contributed by atoms with Gasteiger partial charge in [-0.2, -0.15) is 0 Å². The summed E-state index contributed by atoms with van der Waals surface area (Å²) < 4.78 is 1.66. The van der Waals surface area contributed by atoms with Crippen LogP contribution in [0, 0.1) is 6.92 Å². The van der Waals surface area contributed by atoms with Crippen LogP contribution in [0.25, 0.3) is 4.96 Å². The Morgan fingerprint density at radius 2 is 2.37 bits per heavy atom. The van der Waals surface area contributed by atoms with Gasteiger partial charge in [-0.15, -0.1) is 23.7 Å². The van der Waals surface area contributed by atoms with Crippen LogP contribution in [0.2, 0.25) is 0 Å². The van der Waals surface area contributed by atoms with Crippen molar-refractivity contribution in [2.24, 2.45) is 5.73 Å². The molecule has 5 nitrogen and oxygen atoms in total. The molecule has 3 rings (SSSR count). The Labute approximate surface area is 121 Å². The average molecular weight is 301 g/mol. The Hall–Kier alpha value is -0.950. The summed E-state index contributed by atoms with van der Waals surface area (Å²) in [7, 11) is 0. The standard InChI is InChI=1S/C12H16N4OS.ClH/c1-8-7-18-12-14-10(4-11(17)16(8)12)6-15-3-2-9(13)5-15;/h4,7,9H,2-3,5-6,13H2,1H3;1H/t9-;/m0./s1. The maximum Gasteiger partial charge on any atom is 0.259 e. The predicted molar refractivity (Wildman–Crippen MR) is 79.2 cm³/mol. The molecule has 1 saturated heterocycles. The zero-order valence-electron chi connectivity index (χ0n) is 10.7. The Morgan fingerprint density at radius 3 is 3.05 bits per heavy atom. The summed E-state index contributed by atoms with van der Waals surface area (Å²) in [5, 5.41) is 1.96. The van der Waals surface area contributed by atoms with Crippen LogP contribution in [-0.2, 0) is 6.54 Å². The molecule has 1 aliphatic rings. The summed E-state index contributed by atoms with van der Waals surface area (Å²) in [5.41, 5.74) is 7.68. The number of hydrogen-bond donors (Lipinski definition) is 1. The SMILES string of the molecule is Cc1csc2nc(CN3CC[C@H](N)C3)cc(=O)n12.Cl. The normalized spacial score (nSPS) is 19.8. The van der Waals surface area contributed by atoms with Crippen LogP contribution in [0.1, 0.15) is 17.8 Å². The third-order valence-corrected chi connectivity index (χ3v) is 4.27. The number of aryl methyl sites for hydroxylation is 1. The topological polar surface area (TPSA) is 63.6 Å². The van der Waals surface area contributed by atoms with Gasteiger partial charge in [0.2, 0.25) is 0 Å². The van der Waals surface area contributed by atoms with Gasteiger partial charge in [0.05, 0.1) is 5.69 Å². The van der Waals surface area contributed by atoms with Crippen molar-refractivity contribution in [1.29, 1.82) is 0 Å². The molecule has 1 aliphatic heterocycles. The highest BCUT2D eigenvalue weighted by Gasteiger charge is 2.19. The number of rotatable bonds is 2. The van der Waals surface area contributed by atoms with E-state index in [4.69, 9.17) is 5.73 Å². The Bertz CT molecular complexity index is 638. The number of hydrogen-bond acceptors (Lipinski definition) is 5. The van der Waals surface area contributed by atoms with Crippen molar-refractivity contribution < 1.29 is 0 Å². The third-order valence-electron chi connectivity index (χ3n) is 3.32. The molecule has 7 heteroatoms. The fourth-order valence-corrected chi connectivity index (χ4v) is 3.31. The largest absolute Gasteiger partial charge is 0.326 e. The maximum absolute atomic E-state index is 12.0. The molecule has 1 atom stereocenters. The van der Waals surface area contributed by atoms with Gasteiger partial charge in [0.25, 0.3) is 5.56 Å². The number of nitrogens with two attached hydrogens (primary N) is 1. The van der Waals surface area contributed by atoms with E-state index in [1.54, 1.807) is 10.5 Å². The van der Waals surface area contributed by atoms with Crippen molar-refractivity contribution in [2.75, 3.05) is 13.1 Å². The molecule has 0 aromatic carbocycles. The lowest BCUT2D eigenvalue weighted by molar-refractivity contribution is 0.323. The Morgan fingerprint density at radius 1 is 1.58 bits per heavy atom. The molecular weight excluding hydrogens is 284 g/mol. The number of nitrogens with zero attached hydrogens (tertiary/aromatic N) is 3. The van der Waals surface area contributed by atoms with Crippen LogP contribution >= 0.6 is 23.7 Å². The lowest BCUT2D eigenvalue weighted by Crippen LogP contribution is -2.27. The molecule has 2 aromatic rings. The molecule has 0 bridgehead atoms. The van der Waals surface area contributed by atoms with Crippen molar-refractivity contribution in [2.45, 2.75) is 25.9 Å². The van der Waals surface area contributed by atoms with Crippen molar-refractivity contribution >= 4 is 28.7 Å². The first-order chi connectivity index (χ1) is 8.63. The molecule has 3 heterocycles. The smallest absolute Gasteiger partial charge is 0.259 e. The fourth-order valence-electron chi connectivity index (χ4n) is 2.42. The van der Waals surface area contributed by atoms with Crippen LogP contribution < -0.4 is 11.3 Å². The van der Waals surface area contributed by atoms with Crippen molar-refractivity contribution in [3.05, 3.63) is 33.2 Å². The Balaban J connectivity index is 0.00000133. The summed E-state index contributed by atoms with van der Waals surface area (Å²) in [4.78, 5) is 19.6. The lowest BCUT2D eigenvalue weighted by atomic mass is 10.3. The number of fused-ring (bicyclic) bond motifs is 1. The number of thiazole rings is 1. The minimum Gasteiger partial charge on any atom is -0.326 e. The summed E-state index contributed by atoms with van der Waals surface area (Å²) in [6.07, 6.45) is 1.03. The second-order valence-corrected chi connectivity index (χ2v) is 5.70. The molecule has 1 fully saturated rings. The van der Waals surface area contributed by atoms with E-state index in [9.17, 15) is 4.79 Å². The van der Waals surface area contributed by atoms with Crippen LogP contribution in [0.3, 0.4) is 0 Å². The van der Waals surface area contributed by atoms with Crippen LogP contribution in [0.5, 0.6) is 0 Å². The molecule has 19 heavy (non-hydrogen) atoms. The lowest BCUT2D eigenvalue weighted by Gasteiger charge is -2.14. The van der Waals surface area contributed by atoms with Crippen molar-refractivity contribution in [3.8, 4) is 0 Å². The molecule has 2 aromatic heterocycles. The molecule has 0 amide bonds. The first-order valence-electron chi connectivity index (χ1n) is 6.08. The van der Waals surface area contributed by atoms with Crippen LogP contribution in [0.4, 0.5) is 0 Å². The Kier molecular flexibility index (Phi) is 4.25. The van der Waals surface area contributed by atoms with E-state index in [2.05, 4.69) is 9.88 Å². The highest BCUT2D eigenvalue weighted by Crippen LogP contribution is 2.14. The molecule has 0 unspecified atom stereocenters. The summed E-state index contributed by atoms with van der Waals surface area (Å²) in [6, 6.07) is 1.90. The number of likely N-dealkylation sites (tertiary alicyclic amines) is 1. The van der Waals surface area contributed by atoms with Gasteiger partial charge in [-0.05, 0) is 13.3 Å². The van der Waals surface area contributed by atoms with Gasteiger partial charge >= 0.3 is 0 Å². The van der Waals surface area contributed by atoms with E-state index in [1.807, 2.05) is 12.3 Å². The molecule has 0 aliphatic carbocycles. The predicted octanol–water partition coefficient (Wildman–Crippen LogP) is 1.02. The van der Waals surface area contributed by atoms with E-state index in [-0.39, 0.29) is 24.0 Å². The van der Waals surface area contributed by atoms with E-state index < -0.39 is 0 Å². The van der Waals surface area contributed by atoms with Crippen LogP contribution in [0.15, 0.2) is 16.2 Å². The van der Waals surface area contributed by atoms with Crippen molar-refractivity contribution in [1.82, 2.24) is 14.3 Å². The minimum atomic E-state index is 0. The molecular formula is C12H17ClN4OS.